The van der Waals surface area contributed by atoms with E-state index in [1.165, 1.54) is 82.6 Å². The van der Waals surface area contributed by atoms with Gasteiger partial charge < -0.3 is 14.5 Å². The van der Waals surface area contributed by atoms with Gasteiger partial charge in [-0.2, -0.15) is 0 Å². The fourth-order valence-corrected chi connectivity index (χ4v) is 8.13. The molecule has 6 aromatic carbocycles. The number of anilines is 2. The molecule has 1 aliphatic heterocycles. The summed E-state index contributed by atoms with van der Waals surface area (Å²) >= 11 is 0. The van der Waals surface area contributed by atoms with Crippen molar-refractivity contribution in [1.29, 1.82) is 0 Å². The number of rotatable bonds is 8. The van der Waals surface area contributed by atoms with E-state index in [0.717, 1.165) is 39.0 Å². The average Bonchev–Trinajstić information content (AvgIpc) is 3.37. The SMILES string of the molecule is Cc1cc(C)c(N2CCN(c3c(C)cc(C)cc3C)C2OCCCCc2cc3cccc4ccc5cccc2c5c43)c(C)c1. The predicted molar refractivity (Wildman–Crippen MR) is 189 cm³/mol. The molecule has 0 aromatic heterocycles. The van der Waals surface area contributed by atoms with Crippen LogP contribution in [0.4, 0.5) is 11.4 Å². The van der Waals surface area contributed by atoms with Crippen LogP contribution in [0.2, 0.25) is 0 Å². The highest BCUT2D eigenvalue weighted by atomic mass is 16.5. The molecule has 1 heterocycles. The Labute approximate surface area is 262 Å². The van der Waals surface area contributed by atoms with Gasteiger partial charge in [-0.3, -0.25) is 0 Å². The third-order valence-electron chi connectivity index (χ3n) is 9.66. The summed E-state index contributed by atoms with van der Waals surface area (Å²) in [5.74, 6) is 0. The van der Waals surface area contributed by atoms with Gasteiger partial charge in [-0.1, -0.05) is 90.0 Å². The highest BCUT2D eigenvalue weighted by molar-refractivity contribution is 6.23. The first kappa shape index (κ1) is 28.7. The lowest BCUT2D eigenvalue weighted by atomic mass is 9.90. The zero-order valence-electron chi connectivity index (χ0n) is 27.1. The van der Waals surface area contributed by atoms with Crippen molar-refractivity contribution < 1.29 is 4.74 Å². The summed E-state index contributed by atoms with van der Waals surface area (Å²) in [6.45, 7) is 16.0. The number of unbranched alkanes of at least 4 members (excludes halogenated alkanes) is 1. The Hall–Kier alpha value is -4.08. The maximum Gasteiger partial charge on any atom is 0.210 e. The van der Waals surface area contributed by atoms with Crippen molar-refractivity contribution in [2.45, 2.75) is 67.2 Å². The third-order valence-corrected chi connectivity index (χ3v) is 9.66. The van der Waals surface area contributed by atoms with Gasteiger partial charge in [-0.25, -0.2) is 0 Å². The number of benzene rings is 6. The van der Waals surface area contributed by atoms with Gasteiger partial charge in [0.2, 0.25) is 6.35 Å². The van der Waals surface area contributed by atoms with Crippen LogP contribution in [-0.2, 0) is 11.2 Å². The van der Waals surface area contributed by atoms with Crippen LogP contribution in [0.15, 0.2) is 78.9 Å². The van der Waals surface area contributed by atoms with Crippen LogP contribution in [-0.4, -0.2) is 26.0 Å². The summed E-state index contributed by atoms with van der Waals surface area (Å²) in [4.78, 5) is 5.01. The monoisotopic (exact) mass is 580 g/mol. The van der Waals surface area contributed by atoms with Gasteiger partial charge in [0.1, 0.15) is 0 Å². The van der Waals surface area contributed by atoms with E-state index < -0.39 is 0 Å². The largest absolute Gasteiger partial charge is 0.340 e. The lowest BCUT2D eigenvalue weighted by Gasteiger charge is -2.35. The minimum absolute atomic E-state index is 0.123. The molecular weight excluding hydrogens is 536 g/mol. The van der Waals surface area contributed by atoms with Crippen LogP contribution in [0.3, 0.4) is 0 Å². The van der Waals surface area contributed by atoms with Crippen molar-refractivity contribution in [2.75, 3.05) is 29.5 Å². The van der Waals surface area contributed by atoms with E-state index in [9.17, 15) is 0 Å². The lowest BCUT2D eigenvalue weighted by Crippen LogP contribution is -2.42. The number of hydrogen-bond acceptors (Lipinski definition) is 3. The molecule has 1 saturated heterocycles. The number of aryl methyl sites for hydroxylation is 7. The third kappa shape index (κ3) is 4.98. The minimum atomic E-state index is -0.123. The molecule has 0 radical (unpaired) electrons. The van der Waals surface area contributed by atoms with E-state index >= 15 is 0 Å². The van der Waals surface area contributed by atoms with E-state index in [1.807, 2.05) is 0 Å². The van der Waals surface area contributed by atoms with Gasteiger partial charge in [-0.15, -0.1) is 0 Å². The molecule has 0 aliphatic carbocycles. The van der Waals surface area contributed by atoms with Crippen molar-refractivity contribution >= 4 is 43.7 Å². The molecule has 3 nitrogen and oxygen atoms in total. The second-order valence-corrected chi connectivity index (χ2v) is 13.1. The highest BCUT2D eigenvalue weighted by Crippen LogP contribution is 2.38. The molecule has 0 spiro atoms. The summed E-state index contributed by atoms with van der Waals surface area (Å²) in [6, 6.07) is 29.7. The molecule has 0 atom stereocenters. The first-order chi connectivity index (χ1) is 21.3. The van der Waals surface area contributed by atoms with Crippen LogP contribution >= 0.6 is 0 Å². The maximum atomic E-state index is 6.90. The van der Waals surface area contributed by atoms with E-state index in [2.05, 4.69) is 130 Å². The molecule has 0 bridgehead atoms. The molecular formula is C41H44N2O. The molecule has 6 aromatic rings. The molecule has 0 amide bonds. The Kier molecular flexibility index (Phi) is 7.46. The number of nitrogens with zero attached hydrogens (tertiary/aromatic N) is 2. The molecule has 7 rings (SSSR count). The summed E-state index contributed by atoms with van der Waals surface area (Å²) in [5, 5.41) is 8.23. The van der Waals surface area contributed by atoms with Crippen molar-refractivity contribution in [2.24, 2.45) is 0 Å². The van der Waals surface area contributed by atoms with Crippen molar-refractivity contribution in [3.8, 4) is 0 Å². The predicted octanol–water partition coefficient (Wildman–Crippen LogP) is 10.1. The molecule has 0 N–H and O–H groups in total. The van der Waals surface area contributed by atoms with Gasteiger partial charge in [0.25, 0.3) is 0 Å². The Balaban J connectivity index is 1.13. The van der Waals surface area contributed by atoms with Crippen LogP contribution in [0, 0.1) is 41.5 Å². The van der Waals surface area contributed by atoms with Crippen LogP contribution < -0.4 is 9.80 Å². The smallest absolute Gasteiger partial charge is 0.210 e. The lowest BCUT2D eigenvalue weighted by molar-refractivity contribution is 0.0600. The first-order valence-corrected chi connectivity index (χ1v) is 16.3. The zero-order valence-corrected chi connectivity index (χ0v) is 27.1. The van der Waals surface area contributed by atoms with Crippen LogP contribution in [0.1, 0.15) is 51.8 Å². The number of hydrogen-bond donors (Lipinski definition) is 0. The second kappa shape index (κ2) is 11.4. The minimum Gasteiger partial charge on any atom is -0.340 e. The summed E-state index contributed by atoms with van der Waals surface area (Å²) < 4.78 is 6.90. The van der Waals surface area contributed by atoms with E-state index in [-0.39, 0.29) is 6.35 Å². The first-order valence-electron chi connectivity index (χ1n) is 16.3. The molecule has 3 heteroatoms. The summed E-state index contributed by atoms with van der Waals surface area (Å²) in [6.07, 6.45) is 3.05. The maximum absolute atomic E-state index is 6.90. The fourth-order valence-electron chi connectivity index (χ4n) is 8.13. The van der Waals surface area contributed by atoms with Gasteiger partial charge in [0, 0.05) is 24.5 Å². The van der Waals surface area contributed by atoms with E-state index in [1.54, 1.807) is 0 Å². The Morgan fingerprint density at radius 1 is 0.591 bits per heavy atom. The molecule has 1 aliphatic rings. The quantitative estimate of drug-likeness (QED) is 0.132. The van der Waals surface area contributed by atoms with Crippen LogP contribution in [0.25, 0.3) is 32.3 Å². The Bertz CT molecular complexity index is 1880. The molecule has 224 valence electrons. The summed E-state index contributed by atoms with van der Waals surface area (Å²) in [5.41, 5.74) is 12.0. The Morgan fingerprint density at radius 3 is 1.70 bits per heavy atom. The summed E-state index contributed by atoms with van der Waals surface area (Å²) in [7, 11) is 0. The van der Waals surface area contributed by atoms with Gasteiger partial charge >= 0.3 is 0 Å². The normalized spacial score (nSPS) is 14.2. The fraction of sp³-hybridized carbons (Fsp3) is 0.317. The molecule has 44 heavy (non-hydrogen) atoms. The van der Waals surface area contributed by atoms with Gasteiger partial charge in [0.15, 0.2) is 0 Å². The van der Waals surface area contributed by atoms with E-state index in [0.29, 0.717) is 0 Å². The standard InChI is InChI=1S/C41H44N2O/c1-26-21-28(3)39(29(4)22-26)42-18-19-43(40-30(5)23-27(2)24-31(40)6)41(42)44-20-8-7-11-34-25-35-14-9-12-32-16-17-33-13-10-15-36(34)38(33)37(32)35/h9-10,12-17,21-25,41H,7-8,11,18-20H2,1-6H3. The average molecular weight is 581 g/mol. The highest BCUT2D eigenvalue weighted by Gasteiger charge is 2.36. The van der Waals surface area contributed by atoms with Crippen molar-refractivity contribution in [3.63, 3.8) is 0 Å². The molecule has 0 saturated carbocycles. The van der Waals surface area contributed by atoms with Crippen LogP contribution in [0.5, 0.6) is 0 Å². The van der Waals surface area contributed by atoms with E-state index in [4.69, 9.17) is 4.74 Å². The van der Waals surface area contributed by atoms with Crippen molar-refractivity contribution in [3.05, 3.63) is 118 Å². The molecule has 0 unspecified atom stereocenters. The van der Waals surface area contributed by atoms with Gasteiger partial charge in [-0.05, 0) is 121 Å². The second-order valence-electron chi connectivity index (χ2n) is 13.1. The Morgan fingerprint density at radius 2 is 1.11 bits per heavy atom. The van der Waals surface area contributed by atoms with Gasteiger partial charge in [0.05, 0.1) is 6.61 Å². The van der Waals surface area contributed by atoms with Crippen molar-refractivity contribution in [1.82, 2.24) is 0 Å². The number of ether oxygens (including phenoxy) is 1. The zero-order chi connectivity index (χ0) is 30.5. The topological polar surface area (TPSA) is 15.7 Å². The molecule has 1 fully saturated rings.